The lowest BCUT2D eigenvalue weighted by Crippen LogP contribution is -2.49. The van der Waals surface area contributed by atoms with Crippen LogP contribution < -0.4 is 15.8 Å². The summed E-state index contributed by atoms with van der Waals surface area (Å²) in [5, 5.41) is 2.93. The highest BCUT2D eigenvalue weighted by atomic mass is 16.5. The Bertz CT molecular complexity index is 470. The zero-order chi connectivity index (χ0) is 15.1. The molecule has 0 aliphatic carbocycles. The third-order valence-corrected chi connectivity index (χ3v) is 3.97. The van der Waals surface area contributed by atoms with E-state index >= 15 is 0 Å². The second kappa shape index (κ2) is 7.43. The highest BCUT2D eigenvalue weighted by Gasteiger charge is 2.38. The minimum atomic E-state index is -0.471. The van der Waals surface area contributed by atoms with Crippen LogP contribution in [-0.4, -0.2) is 38.8 Å². The van der Waals surface area contributed by atoms with E-state index in [1.807, 2.05) is 31.2 Å². The number of ether oxygens (including phenoxy) is 2. The Hall–Kier alpha value is -1.59. The van der Waals surface area contributed by atoms with Crippen molar-refractivity contribution in [3.05, 3.63) is 29.8 Å². The van der Waals surface area contributed by atoms with Gasteiger partial charge in [0.25, 0.3) is 0 Å². The van der Waals surface area contributed by atoms with E-state index in [0.717, 1.165) is 11.3 Å². The van der Waals surface area contributed by atoms with E-state index in [-0.39, 0.29) is 5.91 Å². The molecule has 5 heteroatoms. The van der Waals surface area contributed by atoms with Crippen molar-refractivity contribution in [2.75, 3.05) is 32.9 Å². The molecule has 1 fully saturated rings. The van der Waals surface area contributed by atoms with E-state index in [1.54, 1.807) is 0 Å². The fourth-order valence-corrected chi connectivity index (χ4v) is 2.51. The quantitative estimate of drug-likeness (QED) is 0.774. The predicted molar refractivity (Wildman–Crippen MR) is 81.2 cm³/mol. The summed E-state index contributed by atoms with van der Waals surface area (Å²) in [5.74, 6) is 0.838. The molecule has 0 atom stereocenters. The normalized spacial score (nSPS) is 17.2. The van der Waals surface area contributed by atoms with Crippen molar-refractivity contribution < 1.29 is 14.3 Å². The molecule has 3 N–H and O–H groups in total. The number of amides is 1. The molecule has 0 radical (unpaired) electrons. The number of hydrogen-bond donors (Lipinski definition) is 2. The first kappa shape index (κ1) is 15.8. The molecule has 116 valence electrons. The Balaban J connectivity index is 1.76. The summed E-state index contributed by atoms with van der Waals surface area (Å²) < 4.78 is 10.9. The zero-order valence-electron chi connectivity index (χ0n) is 12.6. The van der Waals surface area contributed by atoms with Gasteiger partial charge in [-0.25, -0.2) is 0 Å². The number of nitrogens with two attached hydrogens (primary N) is 1. The summed E-state index contributed by atoms with van der Waals surface area (Å²) in [4.78, 5) is 12.3. The highest BCUT2D eigenvalue weighted by Crippen LogP contribution is 2.29. The van der Waals surface area contributed by atoms with Crippen LogP contribution in [0, 0.1) is 12.3 Å². The van der Waals surface area contributed by atoms with Crippen molar-refractivity contribution in [3.8, 4) is 5.75 Å². The van der Waals surface area contributed by atoms with Crippen LogP contribution >= 0.6 is 0 Å². The van der Waals surface area contributed by atoms with Crippen LogP contribution in [0.25, 0.3) is 0 Å². The van der Waals surface area contributed by atoms with E-state index in [0.29, 0.717) is 45.8 Å². The van der Waals surface area contributed by atoms with E-state index in [1.165, 1.54) is 0 Å². The Morgan fingerprint density at radius 3 is 2.86 bits per heavy atom. The van der Waals surface area contributed by atoms with Crippen LogP contribution in [-0.2, 0) is 9.53 Å². The fraction of sp³-hybridized carbons (Fsp3) is 0.562. The monoisotopic (exact) mass is 292 g/mol. The molecule has 1 heterocycles. The molecule has 1 saturated heterocycles. The van der Waals surface area contributed by atoms with Gasteiger partial charge >= 0.3 is 0 Å². The van der Waals surface area contributed by atoms with Gasteiger partial charge in [-0.2, -0.15) is 0 Å². The molecule has 5 nitrogen and oxygen atoms in total. The van der Waals surface area contributed by atoms with Crippen molar-refractivity contribution in [1.82, 2.24) is 5.32 Å². The molecule has 0 aromatic heterocycles. The van der Waals surface area contributed by atoms with Gasteiger partial charge in [-0.3, -0.25) is 4.79 Å². The van der Waals surface area contributed by atoms with Gasteiger partial charge in [-0.1, -0.05) is 12.1 Å². The third kappa shape index (κ3) is 4.19. The molecular weight excluding hydrogens is 268 g/mol. The van der Waals surface area contributed by atoms with E-state index in [4.69, 9.17) is 15.2 Å². The van der Waals surface area contributed by atoms with E-state index < -0.39 is 5.41 Å². The molecular formula is C16H24N2O3. The van der Waals surface area contributed by atoms with Gasteiger partial charge in [0.1, 0.15) is 12.4 Å². The number of rotatable bonds is 6. The highest BCUT2D eigenvalue weighted by molar-refractivity contribution is 5.83. The Labute approximate surface area is 125 Å². The second-order valence-electron chi connectivity index (χ2n) is 5.52. The van der Waals surface area contributed by atoms with Crippen LogP contribution in [0.3, 0.4) is 0 Å². The average molecular weight is 292 g/mol. The molecule has 1 aliphatic rings. The molecule has 2 rings (SSSR count). The largest absolute Gasteiger partial charge is 0.492 e. The summed E-state index contributed by atoms with van der Waals surface area (Å²) >= 11 is 0. The van der Waals surface area contributed by atoms with Gasteiger partial charge in [0.05, 0.1) is 12.0 Å². The summed E-state index contributed by atoms with van der Waals surface area (Å²) in [6.45, 7) is 4.52. The minimum Gasteiger partial charge on any atom is -0.492 e. The molecule has 1 amide bonds. The average Bonchev–Trinajstić information content (AvgIpc) is 2.52. The summed E-state index contributed by atoms with van der Waals surface area (Å²) in [5.41, 5.74) is 6.49. The van der Waals surface area contributed by atoms with Crippen molar-refractivity contribution in [1.29, 1.82) is 0 Å². The molecule has 0 spiro atoms. The van der Waals surface area contributed by atoms with Crippen LogP contribution in [0.5, 0.6) is 5.75 Å². The Morgan fingerprint density at radius 1 is 1.43 bits per heavy atom. The van der Waals surface area contributed by atoms with Gasteiger partial charge in [-0.15, -0.1) is 0 Å². The number of nitrogens with one attached hydrogen (secondary N) is 1. The van der Waals surface area contributed by atoms with Gasteiger partial charge in [-0.05, 0) is 37.5 Å². The Morgan fingerprint density at radius 2 is 2.19 bits per heavy atom. The van der Waals surface area contributed by atoms with Crippen molar-refractivity contribution in [2.45, 2.75) is 19.8 Å². The predicted octanol–water partition coefficient (Wildman–Crippen LogP) is 1.25. The molecule has 0 saturated carbocycles. The molecule has 21 heavy (non-hydrogen) atoms. The number of aryl methyl sites for hydroxylation is 1. The molecule has 1 aromatic rings. The van der Waals surface area contributed by atoms with Gasteiger partial charge < -0.3 is 20.5 Å². The fourth-order valence-electron chi connectivity index (χ4n) is 2.51. The smallest absolute Gasteiger partial charge is 0.227 e. The topological polar surface area (TPSA) is 73.6 Å². The maximum absolute atomic E-state index is 12.3. The maximum atomic E-state index is 12.3. The molecule has 0 bridgehead atoms. The zero-order valence-corrected chi connectivity index (χ0v) is 12.6. The van der Waals surface area contributed by atoms with Crippen LogP contribution in [0.1, 0.15) is 18.4 Å². The first-order chi connectivity index (χ1) is 10.2. The molecule has 0 unspecified atom stereocenters. The number of carbonyl (C=O) groups excluding carboxylic acids is 1. The van der Waals surface area contributed by atoms with Crippen molar-refractivity contribution >= 4 is 5.91 Å². The van der Waals surface area contributed by atoms with Crippen molar-refractivity contribution in [3.63, 3.8) is 0 Å². The van der Waals surface area contributed by atoms with Gasteiger partial charge in [0.15, 0.2) is 0 Å². The standard InChI is InChI=1S/C16H24N2O3/c1-13-3-2-4-14(11-13)21-10-7-18-15(19)16(12-17)5-8-20-9-6-16/h2-4,11H,5-10,12,17H2,1H3,(H,18,19). The first-order valence-corrected chi connectivity index (χ1v) is 7.42. The summed E-state index contributed by atoms with van der Waals surface area (Å²) in [6, 6.07) is 7.86. The Kier molecular flexibility index (Phi) is 5.59. The lowest BCUT2D eigenvalue weighted by atomic mass is 9.79. The lowest BCUT2D eigenvalue weighted by molar-refractivity contribution is -0.136. The molecule has 1 aromatic carbocycles. The lowest BCUT2D eigenvalue weighted by Gasteiger charge is -2.34. The van der Waals surface area contributed by atoms with E-state index in [9.17, 15) is 4.79 Å². The second-order valence-corrected chi connectivity index (χ2v) is 5.52. The summed E-state index contributed by atoms with van der Waals surface area (Å²) in [6.07, 6.45) is 1.38. The maximum Gasteiger partial charge on any atom is 0.227 e. The number of benzene rings is 1. The van der Waals surface area contributed by atoms with Crippen LogP contribution in [0.15, 0.2) is 24.3 Å². The minimum absolute atomic E-state index is 0.0149. The first-order valence-electron chi connectivity index (χ1n) is 7.42. The number of hydrogen-bond acceptors (Lipinski definition) is 4. The van der Waals surface area contributed by atoms with Gasteiger partial charge in [0, 0.05) is 19.8 Å². The van der Waals surface area contributed by atoms with E-state index in [2.05, 4.69) is 5.32 Å². The van der Waals surface area contributed by atoms with Crippen LogP contribution in [0.2, 0.25) is 0 Å². The van der Waals surface area contributed by atoms with Crippen molar-refractivity contribution in [2.24, 2.45) is 11.1 Å². The number of carbonyl (C=O) groups is 1. The summed E-state index contributed by atoms with van der Waals surface area (Å²) in [7, 11) is 0. The molecule has 1 aliphatic heterocycles. The van der Waals surface area contributed by atoms with Gasteiger partial charge in [0.2, 0.25) is 5.91 Å². The van der Waals surface area contributed by atoms with Crippen LogP contribution in [0.4, 0.5) is 0 Å². The third-order valence-electron chi connectivity index (χ3n) is 3.97. The SMILES string of the molecule is Cc1cccc(OCCNC(=O)C2(CN)CCOCC2)c1.